The number of likely N-dealkylation sites (tertiary alicyclic amines) is 1. The zero-order chi connectivity index (χ0) is 20.0. The first-order chi connectivity index (χ1) is 14.1. The molecule has 0 N–H and O–H groups in total. The van der Waals surface area contributed by atoms with Gasteiger partial charge in [-0.3, -0.25) is 9.59 Å². The van der Waals surface area contributed by atoms with Crippen LogP contribution in [0, 0.1) is 5.92 Å². The number of hydrogen-bond donors (Lipinski definition) is 0. The van der Waals surface area contributed by atoms with Crippen molar-refractivity contribution in [3.05, 3.63) is 75.5 Å². The molecule has 2 atom stereocenters. The maximum atomic E-state index is 13.1. The predicted molar refractivity (Wildman–Crippen MR) is 114 cm³/mol. The summed E-state index contributed by atoms with van der Waals surface area (Å²) in [4.78, 5) is 28.9. The lowest BCUT2D eigenvalue weighted by Crippen LogP contribution is -2.49. The van der Waals surface area contributed by atoms with Crippen molar-refractivity contribution in [2.24, 2.45) is 5.92 Å². The lowest BCUT2D eigenvalue weighted by atomic mass is 9.81. The van der Waals surface area contributed by atoms with E-state index in [0.29, 0.717) is 31.1 Å². The molecule has 3 aromatic rings. The molecule has 29 heavy (non-hydrogen) atoms. The number of rotatable bonds is 3. The van der Waals surface area contributed by atoms with Gasteiger partial charge in [0.25, 0.3) is 11.5 Å². The fourth-order valence-electron chi connectivity index (χ4n) is 4.74. The number of hydrogen-bond acceptors (Lipinski definition) is 4. The van der Waals surface area contributed by atoms with Crippen LogP contribution in [0.15, 0.2) is 58.7 Å². The molecule has 0 spiro atoms. The highest BCUT2D eigenvalue weighted by atomic mass is 32.1. The highest BCUT2D eigenvalue weighted by Crippen LogP contribution is 2.41. The van der Waals surface area contributed by atoms with Crippen LogP contribution in [0.4, 0.5) is 0 Å². The first-order valence-electron chi connectivity index (χ1n) is 9.85. The third kappa shape index (κ3) is 3.17. The molecule has 2 unspecified atom stereocenters. The van der Waals surface area contributed by atoms with Gasteiger partial charge in [0.2, 0.25) is 0 Å². The monoisotopic (exact) mass is 406 g/mol. The second-order valence-corrected chi connectivity index (χ2v) is 8.74. The zero-order valence-electron chi connectivity index (χ0n) is 16.2. The van der Waals surface area contributed by atoms with Gasteiger partial charge in [0.05, 0.1) is 7.11 Å². The Hall–Kier alpha value is -2.86. The van der Waals surface area contributed by atoms with Gasteiger partial charge in [-0.2, -0.15) is 0 Å². The largest absolute Gasteiger partial charge is 0.497 e. The van der Waals surface area contributed by atoms with E-state index in [2.05, 4.69) is 11.4 Å². The number of fused-ring (bicyclic) bond motifs is 4. The minimum atomic E-state index is 0.0479. The van der Waals surface area contributed by atoms with E-state index in [1.54, 1.807) is 24.5 Å². The molecule has 6 heteroatoms. The molecule has 0 saturated carbocycles. The average Bonchev–Trinajstić information content (AvgIpc) is 3.28. The molecular formula is C23H22N2O3S. The molecule has 2 aromatic heterocycles. The van der Waals surface area contributed by atoms with Gasteiger partial charge >= 0.3 is 0 Å². The van der Waals surface area contributed by atoms with E-state index in [0.717, 1.165) is 23.4 Å². The summed E-state index contributed by atoms with van der Waals surface area (Å²) < 4.78 is 7.15. The van der Waals surface area contributed by atoms with E-state index in [1.807, 2.05) is 45.9 Å². The second kappa shape index (κ2) is 7.19. The highest BCUT2D eigenvalue weighted by Gasteiger charge is 2.38. The van der Waals surface area contributed by atoms with Crippen LogP contribution in [0.2, 0.25) is 0 Å². The number of carbonyl (C=O) groups excluding carboxylic acids is 1. The molecule has 1 saturated heterocycles. The molecule has 2 aliphatic rings. The summed E-state index contributed by atoms with van der Waals surface area (Å²) in [5.41, 5.74) is 2.95. The van der Waals surface area contributed by atoms with E-state index >= 15 is 0 Å². The van der Waals surface area contributed by atoms with Crippen LogP contribution in [-0.4, -0.2) is 35.6 Å². The Morgan fingerprint density at radius 3 is 2.62 bits per heavy atom. The average molecular weight is 407 g/mol. The lowest BCUT2D eigenvalue weighted by molar-refractivity contribution is 0.0595. The number of benzene rings is 1. The topological polar surface area (TPSA) is 51.5 Å². The standard InChI is InChI=1S/C23H22N2O3S/c1-28-18-6-4-16(5-7-18)23(27)24-12-15-11-17(14-24)22-19(20-3-2-10-29-20)8-9-21(26)25(22)13-15/h2-10,15,17H,11-14H2,1H3. The molecule has 1 aromatic carbocycles. The smallest absolute Gasteiger partial charge is 0.253 e. The maximum absolute atomic E-state index is 13.1. The van der Waals surface area contributed by atoms with Gasteiger partial charge < -0.3 is 14.2 Å². The fraction of sp³-hybridized carbons (Fsp3) is 0.304. The van der Waals surface area contributed by atoms with Gasteiger partial charge in [0, 0.05) is 53.3 Å². The van der Waals surface area contributed by atoms with Gasteiger partial charge in [0.1, 0.15) is 5.75 Å². The third-order valence-electron chi connectivity index (χ3n) is 6.00. The number of thiophene rings is 1. The molecule has 1 fully saturated rings. The van der Waals surface area contributed by atoms with Crippen LogP contribution in [0.1, 0.15) is 28.4 Å². The number of amides is 1. The van der Waals surface area contributed by atoms with Crippen molar-refractivity contribution in [3.8, 4) is 16.2 Å². The SMILES string of the molecule is COc1ccc(C(=O)N2CC3CC(C2)c2c(-c4cccs4)ccc(=O)n2C3)cc1. The molecular weight excluding hydrogens is 384 g/mol. The van der Waals surface area contributed by atoms with E-state index in [1.165, 1.54) is 4.88 Å². The van der Waals surface area contributed by atoms with Crippen LogP contribution in [-0.2, 0) is 6.54 Å². The number of pyridine rings is 1. The van der Waals surface area contributed by atoms with Crippen molar-refractivity contribution in [3.63, 3.8) is 0 Å². The lowest BCUT2D eigenvalue weighted by Gasteiger charge is -2.43. The second-order valence-electron chi connectivity index (χ2n) is 7.80. The Morgan fingerprint density at radius 2 is 1.90 bits per heavy atom. The number of ether oxygens (including phenoxy) is 1. The Bertz CT molecular complexity index is 1100. The van der Waals surface area contributed by atoms with E-state index in [-0.39, 0.29) is 17.4 Å². The van der Waals surface area contributed by atoms with Crippen LogP contribution < -0.4 is 10.3 Å². The van der Waals surface area contributed by atoms with Gasteiger partial charge in [0.15, 0.2) is 0 Å². The maximum Gasteiger partial charge on any atom is 0.253 e. The Kier molecular flexibility index (Phi) is 4.51. The Labute approximate surface area is 173 Å². The third-order valence-corrected chi connectivity index (χ3v) is 6.90. The Morgan fingerprint density at radius 1 is 1.07 bits per heavy atom. The minimum absolute atomic E-state index is 0.0479. The number of piperidine rings is 1. The van der Waals surface area contributed by atoms with Crippen LogP contribution in [0.3, 0.4) is 0 Å². The summed E-state index contributed by atoms with van der Waals surface area (Å²) in [5, 5.41) is 2.06. The number of nitrogens with zero attached hydrogens (tertiary/aromatic N) is 2. The molecule has 5 rings (SSSR count). The predicted octanol–water partition coefficient (Wildman–Crippen LogP) is 3.84. The fourth-order valence-corrected chi connectivity index (χ4v) is 5.50. The summed E-state index contributed by atoms with van der Waals surface area (Å²) in [6.07, 6.45) is 1.02. The molecule has 148 valence electrons. The number of methoxy groups -OCH3 is 1. The van der Waals surface area contributed by atoms with Crippen molar-refractivity contribution in [1.82, 2.24) is 9.47 Å². The Balaban J connectivity index is 1.49. The summed E-state index contributed by atoms with van der Waals surface area (Å²) >= 11 is 1.69. The van der Waals surface area contributed by atoms with E-state index in [4.69, 9.17) is 4.74 Å². The van der Waals surface area contributed by atoms with Crippen molar-refractivity contribution in [2.75, 3.05) is 20.2 Å². The quantitative estimate of drug-likeness (QED) is 0.664. The van der Waals surface area contributed by atoms with E-state index in [9.17, 15) is 9.59 Å². The van der Waals surface area contributed by atoms with E-state index < -0.39 is 0 Å². The highest BCUT2D eigenvalue weighted by molar-refractivity contribution is 7.13. The minimum Gasteiger partial charge on any atom is -0.497 e. The van der Waals surface area contributed by atoms with Gasteiger partial charge in [-0.15, -0.1) is 11.3 Å². The molecule has 0 aliphatic carbocycles. The zero-order valence-corrected chi connectivity index (χ0v) is 17.0. The summed E-state index contributed by atoms with van der Waals surface area (Å²) in [7, 11) is 1.62. The van der Waals surface area contributed by atoms with Crippen molar-refractivity contribution < 1.29 is 9.53 Å². The summed E-state index contributed by atoms with van der Waals surface area (Å²) in [6.45, 7) is 2.01. The van der Waals surface area contributed by atoms with Crippen LogP contribution in [0.25, 0.3) is 10.4 Å². The normalized spacial score (nSPS) is 20.2. The van der Waals surface area contributed by atoms with Gasteiger partial charge in [-0.05, 0) is 54.1 Å². The molecule has 1 amide bonds. The van der Waals surface area contributed by atoms with Gasteiger partial charge in [-0.1, -0.05) is 6.07 Å². The van der Waals surface area contributed by atoms with Crippen molar-refractivity contribution in [1.29, 1.82) is 0 Å². The first-order valence-corrected chi connectivity index (χ1v) is 10.7. The molecule has 4 heterocycles. The van der Waals surface area contributed by atoms with Crippen LogP contribution >= 0.6 is 11.3 Å². The number of aromatic nitrogens is 1. The van der Waals surface area contributed by atoms with Crippen LogP contribution in [0.5, 0.6) is 5.75 Å². The summed E-state index contributed by atoms with van der Waals surface area (Å²) in [5.74, 6) is 1.27. The summed E-state index contributed by atoms with van der Waals surface area (Å²) in [6, 6.07) is 15.0. The number of carbonyl (C=O) groups is 1. The molecule has 0 radical (unpaired) electrons. The van der Waals surface area contributed by atoms with Crippen molar-refractivity contribution in [2.45, 2.75) is 18.9 Å². The molecule has 2 aliphatic heterocycles. The molecule has 2 bridgehead atoms. The first kappa shape index (κ1) is 18.2. The van der Waals surface area contributed by atoms with Crippen molar-refractivity contribution >= 4 is 17.2 Å². The molecule has 5 nitrogen and oxygen atoms in total. The van der Waals surface area contributed by atoms with Gasteiger partial charge in [-0.25, -0.2) is 0 Å².